The van der Waals surface area contributed by atoms with Crippen LogP contribution in [0, 0.1) is 13.8 Å². The smallest absolute Gasteiger partial charge is 0.223 e. The molecule has 2 N–H and O–H groups in total. The van der Waals surface area contributed by atoms with E-state index in [0.717, 1.165) is 11.1 Å². The summed E-state index contributed by atoms with van der Waals surface area (Å²) >= 11 is 12.0. The lowest BCUT2D eigenvalue weighted by atomic mass is 9.95. The van der Waals surface area contributed by atoms with Gasteiger partial charge in [-0.3, -0.25) is 9.59 Å². The number of piperidine rings is 1. The van der Waals surface area contributed by atoms with Crippen LogP contribution in [-0.4, -0.2) is 36.7 Å². The Balaban J connectivity index is 0.000000428. The number of likely N-dealkylation sites (tertiary alicyclic amines) is 1. The SMILES string of the molecule is C/C=C1\CN(C(=O)CCc2ccccc2)C/C(=C\c2ccc(Cl)c(Cl)c2)C1=O.CN.Cc1ccccc1C. The molecule has 1 fully saturated rings. The van der Waals surface area contributed by atoms with E-state index >= 15 is 0 Å². The van der Waals surface area contributed by atoms with Crippen LogP contribution < -0.4 is 5.73 Å². The fourth-order valence-electron chi connectivity index (χ4n) is 3.85. The standard InChI is InChI=1S/C23H21Cl2NO2.C8H10.CH5N/c1-2-18-14-26(22(27)11-9-16-6-4-3-5-7-16)15-19(23(18)28)12-17-8-10-20(24)21(25)13-17;1-7-5-3-4-6-8(7)2;1-2/h2-8,10,12-13H,9,11,14-15H2,1H3;3-6H,1-2H3;2H2,1H3/b18-2+,19-12+;;. The number of hydrogen-bond donors (Lipinski definition) is 1. The number of aryl methyl sites for hydroxylation is 3. The number of carbonyl (C=O) groups excluding carboxylic acids is 2. The number of nitrogens with zero attached hydrogens (tertiary/aromatic N) is 1. The Morgan fingerprint density at radius 1 is 0.868 bits per heavy atom. The minimum Gasteiger partial charge on any atom is -0.334 e. The van der Waals surface area contributed by atoms with Crippen LogP contribution >= 0.6 is 23.2 Å². The van der Waals surface area contributed by atoms with Crippen LogP contribution in [0.5, 0.6) is 0 Å². The summed E-state index contributed by atoms with van der Waals surface area (Å²) in [7, 11) is 1.50. The van der Waals surface area contributed by atoms with E-state index in [2.05, 4.69) is 43.8 Å². The van der Waals surface area contributed by atoms with Gasteiger partial charge < -0.3 is 10.6 Å². The van der Waals surface area contributed by atoms with Gasteiger partial charge in [0.05, 0.1) is 10.0 Å². The first-order valence-electron chi connectivity index (χ1n) is 12.6. The van der Waals surface area contributed by atoms with Crippen molar-refractivity contribution in [1.82, 2.24) is 4.90 Å². The van der Waals surface area contributed by atoms with Gasteiger partial charge in [-0.05, 0) is 74.7 Å². The third-order valence-corrected chi connectivity index (χ3v) is 6.93. The summed E-state index contributed by atoms with van der Waals surface area (Å²) in [6.07, 6.45) is 4.66. The van der Waals surface area contributed by atoms with Crippen LogP contribution in [0.1, 0.15) is 35.6 Å². The third kappa shape index (κ3) is 9.29. The second kappa shape index (κ2) is 15.9. The molecule has 200 valence electrons. The molecule has 38 heavy (non-hydrogen) atoms. The highest BCUT2D eigenvalue weighted by Gasteiger charge is 2.28. The van der Waals surface area contributed by atoms with Crippen LogP contribution in [0.15, 0.2) is 90.0 Å². The Hall–Kier alpha value is -3.18. The highest BCUT2D eigenvalue weighted by atomic mass is 35.5. The molecule has 0 aromatic heterocycles. The van der Waals surface area contributed by atoms with Gasteiger partial charge in [0.25, 0.3) is 0 Å². The van der Waals surface area contributed by atoms with Crippen molar-refractivity contribution >= 4 is 41.0 Å². The average Bonchev–Trinajstić information content (AvgIpc) is 2.94. The predicted molar refractivity (Wildman–Crippen MR) is 161 cm³/mol. The summed E-state index contributed by atoms with van der Waals surface area (Å²) in [5, 5.41) is 0.895. The molecule has 0 unspecified atom stereocenters. The van der Waals surface area contributed by atoms with Crippen LogP contribution in [0.3, 0.4) is 0 Å². The predicted octanol–water partition coefficient (Wildman–Crippen LogP) is 7.25. The maximum Gasteiger partial charge on any atom is 0.223 e. The molecule has 0 saturated carbocycles. The van der Waals surface area contributed by atoms with Crippen molar-refractivity contribution in [3.05, 3.63) is 122 Å². The second-order valence-corrected chi connectivity index (χ2v) is 9.62. The van der Waals surface area contributed by atoms with Crippen molar-refractivity contribution in [2.24, 2.45) is 5.73 Å². The van der Waals surface area contributed by atoms with Crippen LogP contribution in [0.25, 0.3) is 6.08 Å². The number of amides is 1. The third-order valence-electron chi connectivity index (χ3n) is 6.19. The molecule has 0 atom stereocenters. The largest absolute Gasteiger partial charge is 0.334 e. The monoisotopic (exact) mass is 550 g/mol. The molecule has 4 nitrogen and oxygen atoms in total. The van der Waals surface area contributed by atoms with Crippen LogP contribution in [0.4, 0.5) is 0 Å². The van der Waals surface area contributed by atoms with Crippen LogP contribution in [-0.2, 0) is 16.0 Å². The zero-order valence-corrected chi connectivity index (χ0v) is 24.0. The van der Waals surface area contributed by atoms with Crippen molar-refractivity contribution in [3.8, 4) is 0 Å². The van der Waals surface area contributed by atoms with Crippen molar-refractivity contribution in [3.63, 3.8) is 0 Å². The molecule has 0 radical (unpaired) electrons. The van der Waals surface area contributed by atoms with Gasteiger partial charge in [0.15, 0.2) is 5.78 Å². The van der Waals surface area contributed by atoms with Crippen molar-refractivity contribution < 1.29 is 9.59 Å². The van der Waals surface area contributed by atoms with Crippen molar-refractivity contribution in [1.29, 1.82) is 0 Å². The molecule has 1 amide bonds. The zero-order chi connectivity index (χ0) is 28.1. The Morgan fingerprint density at radius 2 is 1.45 bits per heavy atom. The highest BCUT2D eigenvalue weighted by Crippen LogP contribution is 2.26. The van der Waals surface area contributed by atoms with Gasteiger partial charge in [-0.2, -0.15) is 0 Å². The highest BCUT2D eigenvalue weighted by molar-refractivity contribution is 6.42. The van der Waals surface area contributed by atoms with Gasteiger partial charge in [0.2, 0.25) is 5.91 Å². The minimum absolute atomic E-state index is 0.0271. The van der Waals surface area contributed by atoms with E-state index in [1.54, 1.807) is 35.3 Å². The maximum atomic E-state index is 12.8. The average molecular weight is 552 g/mol. The van der Waals surface area contributed by atoms with E-state index in [9.17, 15) is 9.59 Å². The molecular weight excluding hydrogens is 515 g/mol. The molecule has 0 spiro atoms. The van der Waals surface area contributed by atoms with E-state index < -0.39 is 0 Å². The molecule has 4 rings (SSSR count). The van der Waals surface area contributed by atoms with Gasteiger partial charge in [0.1, 0.15) is 0 Å². The summed E-state index contributed by atoms with van der Waals surface area (Å²) in [5.74, 6) is 0.0106. The molecule has 0 bridgehead atoms. The number of Topliss-reactive ketones (excluding diaryl/α,β-unsaturated/α-hetero) is 1. The van der Waals surface area contributed by atoms with Gasteiger partial charge >= 0.3 is 0 Å². The summed E-state index contributed by atoms with van der Waals surface area (Å²) < 4.78 is 0. The summed E-state index contributed by atoms with van der Waals surface area (Å²) in [4.78, 5) is 27.2. The van der Waals surface area contributed by atoms with Gasteiger partial charge in [0, 0.05) is 30.7 Å². The summed E-state index contributed by atoms with van der Waals surface area (Å²) in [6.45, 7) is 6.71. The van der Waals surface area contributed by atoms with E-state index in [0.29, 0.717) is 47.1 Å². The van der Waals surface area contributed by atoms with E-state index in [-0.39, 0.29) is 11.7 Å². The molecule has 6 heteroatoms. The fourth-order valence-corrected chi connectivity index (χ4v) is 4.15. The Morgan fingerprint density at radius 3 is 2.00 bits per heavy atom. The first-order valence-corrected chi connectivity index (χ1v) is 13.3. The number of halogens is 2. The second-order valence-electron chi connectivity index (χ2n) is 8.81. The number of carbonyl (C=O) groups is 2. The Bertz CT molecular complexity index is 1260. The fraction of sp³-hybridized carbons (Fsp3) is 0.250. The van der Waals surface area contributed by atoms with Crippen LogP contribution in [0.2, 0.25) is 10.0 Å². The zero-order valence-electron chi connectivity index (χ0n) is 22.5. The number of ketones is 1. The number of benzene rings is 3. The number of rotatable bonds is 4. The topological polar surface area (TPSA) is 63.4 Å². The van der Waals surface area contributed by atoms with Gasteiger partial charge in [-0.25, -0.2) is 0 Å². The molecule has 1 aliphatic rings. The lowest BCUT2D eigenvalue weighted by molar-refractivity contribution is -0.131. The normalized spacial score (nSPS) is 14.9. The lowest BCUT2D eigenvalue weighted by Gasteiger charge is -2.30. The first-order chi connectivity index (χ1) is 18.3. The van der Waals surface area contributed by atoms with E-state index in [4.69, 9.17) is 23.2 Å². The van der Waals surface area contributed by atoms with Crippen molar-refractivity contribution in [2.75, 3.05) is 20.1 Å². The summed E-state index contributed by atoms with van der Waals surface area (Å²) in [5.41, 5.74) is 10.4. The molecule has 1 saturated heterocycles. The Labute approximate surface area is 236 Å². The molecular formula is C32H36Cl2N2O2. The number of allylic oxidation sites excluding steroid dienone is 1. The molecule has 3 aromatic rings. The van der Waals surface area contributed by atoms with Gasteiger partial charge in [-0.1, -0.05) is 89.9 Å². The molecule has 1 aliphatic heterocycles. The van der Waals surface area contributed by atoms with E-state index in [1.165, 1.54) is 18.2 Å². The molecule has 3 aromatic carbocycles. The lowest BCUT2D eigenvalue weighted by Crippen LogP contribution is -2.41. The first kappa shape index (κ1) is 31.0. The quantitative estimate of drug-likeness (QED) is 0.348. The number of nitrogens with two attached hydrogens (primary N) is 1. The maximum absolute atomic E-state index is 12.8. The Kier molecular flexibility index (Phi) is 13.0. The van der Waals surface area contributed by atoms with E-state index in [1.807, 2.05) is 37.3 Å². The molecule has 1 heterocycles. The molecule has 0 aliphatic carbocycles. The van der Waals surface area contributed by atoms with Gasteiger partial charge in [-0.15, -0.1) is 0 Å². The minimum atomic E-state index is -0.0271. The van der Waals surface area contributed by atoms with Crippen molar-refractivity contribution in [2.45, 2.75) is 33.6 Å². The number of hydrogen-bond acceptors (Lipinski definition) is 3. The summed E-state index contributed by atoms with van der Waals surface area (Å²) in [6, 6.07) is 23.5.